The number of rotatable bonds is 8. The third-order valence-electron chi connectivity index (χ3n) is 5.65. The zero-order valence-corrected chi connectivity index (χ0v) is 19.6. The minimum absolute atomic E-state index is 0.0491. The zero-order valence-electron chi connectivity index (χ0n) is 18.8. The predicted octanol–water partition coefficient (Wildman–Crippen LogP) is 3.32. The number of alkyl halides is 3. The van der Waals surface area contributed by atoms with Crippen LogP contribution in [0.25, 0.3) is 0 Å². The van der Waals surface area contributed by atoms with Gasteiger partial charge in [-0.15, -0.1) is 0 Å². The van der Waals surface area contributed by atoms with Crippen LogP contribution in [0, 0.1) is 0 Å². The van der Waals surface area contributed by atoms with Gasteiger partial charge in [0.15, 0.2) is 0 Å². The van der Waals surface area contributed by atoms with Crippen LogP contribution in [0.1, 0.15) is 23.1 Å². The molecule has 0 spiro atoms. The summed E-state index contributed by atoms with van der Waals surface area (Å²) in [6, 6.07) is 13.0. The minimum atomic E-state index is -4.41. The second kappa shape index (κ2) is 10.3. The number of sulfonamides is 1. The molecule has 1 amide bonds. The molecule has 192 valence electrons. The van der Waals surface area contributed by atoms with Crippen molar-refractivity contribution in [1.82, 2.24) is 9.62 Å². The van der Waals surface area contributed by atoms with Crippen molar-refractivity contribution in [3.05, 3.63) is 83.6 Å². The van der Waals surface area contributed by atoms with E-state index in [0.717, 1.165) is 16.4 Å². The van der Waals surface area contributed by atoms with Crippen molar-refractivity contribution < 1.29 is 40.6 Å². The monoisotopic (exact) mass is 524 g/mol. The number of aliphatic hydroxyl groups excluding tert-OH is 1. The molecule has 8 nitrogen and oxygen atoms in total. The van der Waals surface area contributed by atoms with Gasteiger partial charge in [0.1, 0.15) is 18.4 Å². The van der Waals surface area contributed by atoms with E-state index >= 15 is 0 Å². The fourth-order valence-corrected chi connectivity index (χ4v) is 5.37. The molecule has 36 heavy (non-hydrogen) atoms. The topological polar surface area (TPSA) is 109 Å². The summed E-state index contributed by atoms with van der Waals surface area (Å²) in [7, 11) is -4.09. The summed E-state index contributed by atoms with van der Waals surface area (Å²) < 4.78 is 75.3. The van der Waals surface area contributed by atoms with Gasteiger partial charge in [0.05, 0.1) is 17.9 Å². The number of benzene rings is 2. The van der Waals surface area contributed by atoms with E-state index in [1.165, 1.54) is 30.5 Å². The van der Waals surface area contributed by atoms with Crippen molar-refractivity contribution in [2.45, 2.75) is 43.0 Å². The van der Waals surface area contributed by atoms with Crippen LogP contribution in [0.3, 0.4) is 0 Å². The van der Waals surface area contributed by atoms with E-state index in [-0.39, 0.29) is 31.2 Å². The Bertz CT molecular complexity index is 1290. The Labute approximate surface area is 205 Å². The fourth-order valence-electron chi connectivity index (χ4n) is 3.82. The molecule has 1 saturated heterocycles. The summed E-state index contributed by atoms with van der Waals surface area (Å²) in [6.45, 7) is -0.112. The van der Waals surface area contributed by atoms with Crippen molar-refractivity contribution in [2.24, 2.45) is 0 Å². The Morgan fingerprint density at radius 3 is 2.53 bits per heavy atom. The maximum Gasteiger partial charge on any atom is 0.416 e. The van der Waals surface area contributed by atoms with Gasteiger partial charge in [-0.25, -0.2) is 8.42 Å². The molecule has 4 rings (SSSR count). The molecule has 2 heterocycles. The maximum atomic E-state index is 12.8. The number of nitrogens with zero attached hydrogens (tertiary/aromatic N) is 1. The molecule has 0 bridgehead atoms. The van der Waals surface area contributed by atoms with Gasteiger partial charge in [-0.05, 0) is 47.5 Å². The lowest BCUT2D eigenvalue weighted by atomic mass is 10.1. The summed E-state index contributed by atoms with van der Waals surface area (Å²) in [5.41, 5.74) is 0.473. The SMILES string of the molecule is O=C(NCc1cccc(OCc2ccc(C(F)(F)F)cc2)c1)[C@@H]1C[C@@H](O)CN1S(=O)(=O)c1ccco1. The quantitative estimate of drug-likeness (QED) is 0.468. The van der Waals surface area contributed by atoms with E-state index in [1.54, 1.807) is 24.3 Å². The summed E-state index contributed by atoms with van der Waals surface area (Å²) in [4.78, 5) is 12.8. The molecule has 1 fully saturated rings. The zero-order chi connectivity index (χ0) is 25.9. The van der Waals surface area contributed by atoms with Gasteiger partial charge in [-0.3, -0.25) is 4.79 Å². The highest BCUT2D eigenvalue weighted by atomic mass is 32.2. The number of carbonyl (C=O) groups excluding carboxylic acids is 1. The van der Waals surface area contributed by atoms with Crippen molar-refractivity contribution in [3.8, 4) is 5.75 Å². The Morgan fingerprint density at radius 1 is 1.11 bits per heavy atom. The largest absolute Gasteiger partial charge is 0.489 e. The Balaban J connectivity index is 1.35. The predicted molar refractivity (Wildman–Crippen MR) is 121 cm³/mol. The lowest BCUT2D eigenvalue weighted by Gasteiger charge is -2.21. The maximum absolute atomic E-state index is 12.8. The molecule has 0 aliphatic carbocycles. The van der Waals surface area contributed by atoms with E-state index in [1.807, 2.05) is 0 Å². The molecule has 3 aromatic rings. The highest BCUT2D eigenvalue weighted by Crippen LogP contribution is 2.29. The third-order valence-corrected chi connectivity index (χ3v) is 7.41. The number of furan rings is 1. The molecule has 0 radical (unpaired) electrons. The molecule has 1 aliphatic heterocycles. The average Bonchev–Trinajstić information content (AvgIpc) is 3.52. The van der Waals surface area contributed by atoms with Crippen molar-refractivity contribution in [2.75, 3.05) is 6.54 Å². The number of carbonyl (C=O) groups is 1. The molecule has 12 heteroatoms. The van der Waals surface area contributed by atoms with Crippen LogP contribution in [-0.2, 0) is 34.1 Å². The third kappa shape index (κ3) is 5.89. The Kier molecular flexibility index (Phi) is 7.38. The molecule has 0 saturated carbocycles. The van der Waals surface area contributed by atoms with E-state index in [2.05, 4.69) is 5.32 Å². The average molecular weight is 525 g/mol. The number of halogens is 3. The second-order valence-electron chi connectivity index (χ2n) is 8.26. The lowest BCUT2D eigenvalue weighted by molar-refractivity contribution is -0.137. The molecule has 1 aromatic heterocycles. The standard InChI is InChI=1S/C24H23F3N2O6S/c25-24(26,27)18-8-6-16(7-9-18)15-35-20-4-1-3-17(11-20)13-28-23(31)21-12-19(30)14-29(21)36(32,33)22-5-2-10-34-22/h1-11,19,21,30H,12-15H2,(H,28,31)/t19-,21+/m1/s1. The summed E-state index contributed by atoms with van der Waals surface area (Å²) in [6.07, 6.45) is -4.25. The van der Waals surface area contributed by atoms with E-state index in [4.69, 9.17) is 9.15 Å². The first-order valence-corrected chi connectivity index (χ1v) is 12.4. The van der Waals surface area contributed by atoms with Gasteiger partial charge >= 0.3 is 6.18 Å². The Morgan fingerprint density at radius 2 is 1.86 bits per heavy atom. The van der Waals surface area contributed by atoms with Gasteiger partial charge in [0, 0.05) is 19.5 Å². The molecule has 2 atom stereocenters. The molecular weight excluding hydrogens is 501 g/mol. The number of hydrogen-bond acceptors (Lipinski definition) is 6. The minimum Gasteiger partial charge on any atom is -0.489 e. The number of hydrogen-bond donors (Lipinski definition) is 2. The number of β-amino-alcohol motifs (C(OH)–C–C–N with tert-alkyl or cyclic N) is 1. The fraction of sp³-hybridized carbons (Fsp3) is 0.292. The van der Waals surface area contributed by atoms with Crippen LogP contribution >= 0.6 is 0 Å². The van der Waals surface area contributed by atoms with Crippen LogP contribution < -0.4 is 10.1 Å². The van der Waals surface area contributed by atoms with E-state index < -0.39 is 39.8 Å². The number of amides is 1. The first-order valence-electron chi connectivity index (χ1n) is 10.9. The number of aliphatic hydroxyl groups is 1. The first-order chi connectivity index (χ1) is 17.0. The van der Waals surface area contributed by atoms with E-state index in [0.29, 0.717) is 16.9 Å². The smallest absolute Gasteiger partial charge is 0.416 e. The van der Waals surface area contributed by atoms with Crippen LogP contribution in [0.15, 0.2) is 76.4 Å². The van der Waals surface area contributed by atoms with Crippen LogP contribution in [-0.4, -0.2) is 42.4 Å². The summed E-state index contributed by atoms with van der Waals surface area (Å²) >= 11 is 0. The van der Waals surface area contributed by atoms with Crippen LogP contribution in [0.4, 0.5) is 13.2 Å². The second-order valence-corrected chi connectivity index (χ2v) is 10.1. The van der Waals surface area contributed by atoms with Crippen LogP contribution in [0.2, 0.25) is 0 Å². The van der Waals surface area contributed by atoms with E-state index in [9.17, 15) is 31.5 Å². The first kappa shape index (κ1) is 25.7. The highest BCUT2D eigenvalue weighted by molar-refractivity contribution is 7.89. The molecular formula is C24H23F3N2O6S. The molecule has 2 N–H and O–H groups in total. The van der Waals surface area contributed by atoms with Crippen molar-refractivity contribution in [3.63, 3.8) is 0 Å². The van der Waals surface area contributed by atoms with Crippen LogP contribution in [0.5, 0.6) is 5.75 Å². The van der Waals surface area contributed by atoms with Gasteiger partial charge in [-0.1, -0.05) is 24.3 Å². The highest BCUT2D eigenvalue weighted by Gasteiger charge is 2.44. The Hall–Kier alpha value is -3.35. The number of ether oxygens (including phenoxy) is 1. The molecule has 1 aliphatic rings. The summed E-state index contributed by atoms with van der Waals surface area (Å²) in [5.74, 6) is -0.127. The lowest BCUT2D eigenvalue weighted by Crippen LogP contribution is -2.45. The van der Waals surface area contributed by atoms with Gasteiger partial charge in [0.25, 0.3) is 10.0 Å². The molecule has 2 aromatic carbocycles. The molecule has 0 unspecified atom stereocenters. The van der Waals surface area contributed by atoms with Crippen molar-refractivity contribution >= 4 is 15.9 Å². The van der Waals surface area contributed by atoms with Gasteiger partial charge in [0.2, 0.25) is 11.0 Å². The normalized spacial score (nSPS) is 18.8. The van der Waals surface area contributed by atoms with Gasteiger partial charge < -0.3 is 19.6 Å². The van der Waals surface area contributed by atoms with Gasteiger partial charge in [-0.2, -0.15) is 17.5 Å². The summed E-state index contributed by atoms with van der Waals surface area (Å²) in [5, 5.41) is 12.4. The number of nitrogens with one attached hydrogen (secondary N) is 1. The van der Waals surface area contributed by atoms with Crippen molar-refractivity contribution in [1.29, 1.82) is 0 Å².